The molecule has 31 heavy (non-hydrogen) atoms. The van der Waals surface area contributed by atoms with Crippen LogP contribution in [0.2, 0.25) is 0 Å². The van der Waals surface area contributed by atoms with Gasteiger partial charge in [0.25, 0.3) is 5.91 Å². The van der Waals surface area contributed by atoms with E-state index in [0.29, 0.717) is 28.8 Å². The summed E-state index contributed by atoms with van der Waals surface area (Å²) in [5.41, 5.74) is 0.558. The van der Waals surface area contributed by atoms with Crippen LogP contribution in [-0.2, 0) is 10.3 Å². The molecule has 0 aliphatic heterocycles. The molecule has 2 atom stereocenters. The van der Waals surface area contributed by atoms with Crippen LogP contribution in [0, 0.1) is 17.3 Å². The van der Waals surface area contributed by atoms with Crippen molar-refractivity contribution in [1.82, 2.24) is 19.7 Å². The number of methoxy groups -OCH3 is 1. The van der Waals surface area contributed by atoms with Crippen molar-refractivity contribution in [2.75, 3.05) is 26.5 Å². The minimum absolute atomic E-state index is 0.0551. The van der Waals surface area contributed by atoms with Gasteiger partial charge in [0.2, 0.25) is 5.91 Å². The third-order valence-electron chi connectivity index (χ3n) is 7.51. The first-order chi connectivity index (χ1) is 14.8. The van der Waals surface area contributed by atoms with Crippen LogP contribution in [0.5, 0.6) is 5.75 Å². The standard InChI is InChI=1S/C23H29N5O3/c1-27(2)20(29)18-7-17(4-5-19(18)31-3)26-21(30)22-8-15-6-16(9-22)11-23(10-15,12-22)28-14-24-13-25-28/h4-5,7,13-16H,6,8-12H2,1-3H3,(H,26,30). The maximum absolute atomic E-state index is 13.7. The fourth-order valence-electron chi connectivity index (χ4n) is 6.66. The Balaban J connectivity index is 1.43. The summed E-state index contributed by atoms with van der Waals surface area (Å²) in [4.78, 5) is 31.9. The third-order valence-corrected chi connectivity index (χ3v) is 7.51. The fraction of sp³-hybridized carbons (Fsp3) is 0.565. The summed E-state index contributed by atoms with van der Waals surface area (Å²) < 4.78 is 7.36. The minimum Gasteiger partial charge on any atom is -0.496 e. The number of aromatic nitrogens is 3. The van der Waals surface area contributed by atoms with Crippen molar-refractivity contribution in [2.45, 2.75) is 44.1 Å². The number of carbonyl (C=O) groups excluding carboxylic acids is 2. The van der Waals surface area contributed by atoms with Gasteiger partial charge in [0.05, 0.1) is 23.6 Å². The second kappa shape index (κ2) is 7.07. The molecule has 4 saturated carbocycles. The van der Waals surface area contributed by atoms with Crippen LogP contribution in [0.25, 0.3) is 0 Å². The van der Waals surface area contributed by atoms with Crippen molar-refractivity contribution in [3.63, 3.8) is 0 Å². The summed E-state index contributed by atoms with van der Waals surface area (Å²) >= 11 is 0. The van der Waals surface area contributed by atoms with Crippen molar-refractivity contribution < 1.29 is 14.3 Å². The van der Waals surface area contributed by atoms with E-state index in [-0.39, 0.29) is 17.4 Å². The number of hydrogen-bond donors (Lipinski definition) is 1. The van der Waals surface area contributed by atoms with Crippen LogP contribution in [0.15, 0.2) is 30.9 Å². The quantitative estimate of drug-likeness (QED) is 0.799. The van der Waals surface area contributed by atoms with Gasteiger partial charge in [-0.05, 0) is 68.6 Å². The Bertz CT molecular complexity index is 1000. The smallest absolute Gasteiger partial charge is 0.257 e. The normalized spacial score (nSPS) is 30.8. The number of nitrogens with one attached hydrogen (secondary N) is 1. The number of anilines is 1. The molecule has 1 N–H and O–H groups in total. The van der Waals surface area contributed by atoms with E-state index in [9.17, 15) is 9.59 Å². The number of nitrogens with zero attached hydrogens (tertiary/aromatic N) is 4. The van der Waals surface area contributed by atoms with Gasteiger partial charge in [-0.1, -0.05) is 0 Å². The summed E-state index contributed by atoms with van der Waals surface area (Å²) in [7, 11) is 4.94. The Morgan fingerprint density at radius 1 is 1.19 bits per heavy atom. The average Bonchev–Trinajstić information content (AvgIpc) is 3.28. The second-order valence-corrected chi connectivity index (χ2v) is 9.87. The van der Waals surface area contributed by atoms with E-state index in [1.807, 2.05) is 4.68 Å². The van der Waals surface area contributed by atoms with Crippen LogP contribution in [0.4, 0.5) is 5.69 Å². The molecule has 1 aromatic heterocycles. The first kappa shape index (κ1) is 20.0. The first-order valence-electron chi connectivity index (χ1n) is 10.9. The van der Waals surface area contributed by atoms with Crippen molar-refractivity contribution in [3.8, 4) is 5.75 Å². The lowest BCUT2D eigenvalue weighted by Gasteiger charge is -2.60. The summed E-state index contributed by atoms with van der Waals surface area (Å²) in [5.74, 6) is 1.47. The summed E-state index contributed by atoms with van der Waals surface area (Å²) in [5, 5.41) is 7.60. The summed E-state index contributed by atoms with van der Waals surface area (Å²) in [6, 6.07) is 5.26. The van der Waals surface area contributed by atoms with E-state index >= 15 is 0 Å². The highest BCUT2D eigenvalue weighted by atomic mass is 16.5. The molecule has 8 heteroatoms. The monoisotopic (exact) mass is 423 g/mol. The molecule has 4 aliphatic carbocycles. The van der Waals surface area contributed by atoms with E-state index in [1.54, 1.807) is 52.1 Å². The molecule has 8 nitrogen and oxygen atoms in total. The average molecular weight is 424 g/mol. The van der Waals surface area contributed by atoms with Crippen LogP contribution in [-0.4, -0.2) is 52.7 Å². The Morgan fingerprint density at radius 3 is 2.55 bits per heavy atom. The summed E-state index contributed by atoms with van der Waals surface area (Å²) in [6.45, 7) is 0. The molecular formula is C23H29N5O3. The highest BCUT2D eigenvalue weighted by Gasteiger charge is 2.61. The van der Waals surface area contributed by atoms with Crippen LogP contribution >= 0.6 is 0 Å². The zero-order valence-corrected chi connectivity index (χ0v) is 18.3. The van der Waals surface area contributed by atoms with Gasteiger partial charge in [-0.3, -0.25) is 9.59 Å². The number of rotatable bonds is 5. The maximum Gasteiger partial charge on any atom is 0.257 e. The number of hydrogen-bond acceptors (Lipinski definition) is 5. The highest BCUT2D eigenvalue weighted by Crippen LogP contribution is 2.64. The molecule has 2 amide bonds. The summed E-state index contributed by atoms with van der Waals surface area (Å²) in [6.07, 6.45) is 9.39. The lowest BCUT2D eigenvalue weighted by Crippen LogP contribution is -2.60. The molecule has 2 unspecified atom stereocenters. The predicted molar refractivity (Wildman–Crippen MR) is 115 cm³/mol. The number of carbonyl (C=O) groups is 2. The van der Waals surface area contributed by atoms with Crippen molar-refractivity contribution >= 4 is 17.5 Å². The molecule has 0 spiro atoms. The molecule has 6 rings (SSSR count). The fourth-order valence-corrected chi connectivity index (χ4v) is 6.66. The molecule has 4 aliphatic rings. The lowest BCUT2D eigenvalue weighted by molar-refractivity contribution is -0.150. The molecule has 0 radical (unpaired) electrons. The zero-order chi connectivity index (χ0) is 21.8. The van der Waals surface area contributed by atoms with Gasteiger partial charge in [-0.15, -0.1) is 0 Å². The highest BCUT2D eigenvalue weighted by molar-refractivity contribution is 6.00. The van der Waals surface area contributed by atoms with Gasteiger partial charge in [0, 0.05) is 19.8 Å². The molecule has 0 saturated heterocycles. The van der Waals surface area contributed by atoms with Gasteiger partial charge in [-0.25, -0.2) is 9.67 Å². The molecule has 164 valence electrons. The molecule has 1 aromatic carbocycles. The number of ether oxygens (including phenoxy) is 1. The Hall–Kier alpha value is -2.90. The Labute approximate surface area is 182 Å². The van der Waals surface area contributed by atoms with Crippen LogP contribution < -0.4 is 10.1 Å². The van der Waals surface area contributed by atoms with Gasteiger partial charge in [0.1, 0.15) is 18.4 Å². The SMILES string of the molecule is COc1ccc(NC(=O)C23CC4CC(C2)CC(n2cncn2)(C4)C3)cc1C(=O)N(C)C. The number of benzene rings is 1. The molecule has 2 aromatic rings. The van der Waals surface area contributed by atoms with Gasteiger partial charge in [-0.2, -0.15) is 5.10 Å². The minimum atomic E-state index is -0.401. The second-order valence-electron chi connectivity index (χ2n) is 9.87. The first-order valence-corrected chi connectivity index (χ1v) is 10.9. The Kier molecular flexibility index (Phi) is 4.57. The third kappa shape index (κ3) is 3.20. The van der Waals surface area contributed by atoms with E-state index < -0.39 is 5.41 Å². The van der Waals surface area contributed by atoms with Gasteiger partial charge >= 0.3 is 0 Å². The van der Waals surface area contributed by atoms with Gasteiger partial charge in [0.15, 0.2) is 0 Å². The molecule has 1 heterocycles. The molecule has 4 fully saturated rings. The molecule has 4 bridgehead atoms. The Morgan fingerprint density at radius 2 is 1.94 bits per heavy atom. The van der Waals surface area contributed by atoms with Crippen molar-refractivity contribution in [1.29, 1.82) is 0 Å². The van der Waals surface area contributed by atoms with E-state index in [1.165, 1.54) is 11.3 Å². The van der Waals surface area contributed by atoms with E-state index in [2.05, 4.69) is 15.4 Å². The van der Waals surface area contributed by atoms with Crippen LogP contribution in [0.1, 0.15) is 48.9 Å². The van der Waals surface area contributed by atoms with Crippen molar-refractivity contribution in [3.05, 3.63) is 36.4 Å². The van der Waals surface area contributed by atoms with E-state index in [4.69, 9.17) is 4.74 Å². The van der Waals surface area contributed by atoms with Crippen LogP contribution in [0.3, 0.4) is 0 Å². The molecular weight excluding hydrogens is 394 g/mol. The maximum atomic E-state index is 13.7. The van der Waals surface area contributed by atoms with E-state index in [0.717, 1.165) is 32.1 Å². The number of amides is 2. The zero-order valence-electron chi connectivity index (χ0n) is 18.3. The lowest BCUT2D eigenvalue weighted by atomic mass is 9.46. The van der Waals surface area contributed by atoms with Crippen molar-refractivity contribution in [2.24, 2.45) is 17.3 Å². The largest absolute Gasteiger partial charge is 0.496 e. The van der Waals surface area contributed by atoms with Gasteiger partial charge < -0.3 is 15.0 Å². The topological polar surface area (TPSA) is 89.3 Å². The predicted octanol–water partition coefficient (Wildman–Crippen LogP) is 2.92.